The Balaban J connectivity index is 3.05. The predicted molar refractivity (Wildman–Crippen MR) is 75.5 cm³/mol. The molecule has 0 amide bonds. The van der Waals surface area contributed by atoms with Crippen LogP contribution in [-0.2, 0) is 11.2 Å². The van der Waals surface area contributed by atoms with Crippen LogP contribution in [0.2, 0.25) is 5.15 Å². The smallest absolute Gasteiger partial charge is 0.137 e. The van der Waals surface area contributed by atoms with E-state index in [1.807, 2.05) is 18.7 Å². The Morgan fingerprint density at radius 1 is 1.37 bits per heavy atom. The van der Waals surface area contributed by atoms with Crippen LogP contribution in [0.1, 0.15) is 24.7 Å². The van der Waals surface area contributed by atoms with Gasteiger partial charge in [0, 0.05) is 32.2 Å². The molecule has 0 aliphatic heterocycles. The first-order valence-corrected chi connectivity index (χ1v) is 6.65. The lowest BCUT2D eigenvalue weighted by atomic mass is 10.3. The van der Waals surface area contributed by atoms with Crippen LogP contribution in [0.15, 0.2) is 0 Å². The summed E-state index contributed by atoms with van der Waals surface area (Å²) in [6.45, 7) is 5.74. The van der Waals surface area contributed by atoms with E-state index in [1.165, 1.54) is 0 Å². The zero-order valence-electron chi connectivity index (χ0n) is 11.6. The molecular formula is C13H19ClN4O. The van der Waals surface area contributed by atoms with E-state index in [-0.39, 0.29) is 0 Å². The molecule has 0 aromatic carbocycles. The highest BCUT2D eigenvalue weighted by Gasteiger charge is 2.15. The van der Waals surface area contributed by atoms with E-state index in [0.29, 0.717) is 37.1 Å². The van der Waals surface area contributed by atoms with Crippen molar-refractivity contribution in [1.82, 2.24) is 9.97 Å². The Bertz CT molecular complexity index is 459. The number of nitriles is 1. The van der Waals surface area contributed by atoms with Gasteiger partial charge in [0.05, 0.1) is 19.1 Å². The molecule has 104 valence electrons. The van der Waals surface area contributed by atoms with Crippen molar-refractivity contribution in [2.24, 2.45) is 0 Å². The summed E-state index contributed by atoms with van der Waals surface area (Å²) in [5, 5.41) is 9.22. The summed E-state index contributed by atoms with van der Waals surface area (Å²) in [6.07, 6.45) is 1.16. The molecular weight excluding hydrogens is 264 g/mol. The fourth-order valence-electron chi connectivity index (χ4n) is 1.70. The zero-order chi connectivity index (χ0) is 14.3. The lowest BCUT2D eigenvalue weighted by Crippen LogP contribution is -2.30. The predicted octanol–water partition coefficient (Wildman–Crippen LogP) is 2.37. The SMILES string of the molecule is CCc1nc(Cl)c(C)c(N(CCC#N)CCOC)n1. The van der Waals surface area contributed by atoms with Crippen LogP contribution >= 0.6 is 11.6 Å². The molecule has 0 radical (unpaired) electrons. The molecule has 1 rings (SSSR count). The minimum Gasteiger partial charge on any atom is -0.383 e. The van der Waals surface area contributed by atoms with Gasteiger partial charge in [-0.2, -0.15) is 5.26 Å². The lowest BCUT2D eigenvalue weighted by Gasteiger charge is -2.24. The van der Waals surface area contributed by atoms with Gasteiger partial charge in [0.15, 0.2) is 0 Å². The van der Waals surface area contributed by atoms with Gasteiger partial charge in [0.2, 0.25) is 0 Å². The molecule has 0 atom stereocenters. The number of aromatic nitrogens is 2. The number of aryl methyl sites for hydroxylation is 1. The van der Waals surface area contributed by atoms with Gasteiger partial charge in [-0.25, -0.2) is 9.97 Å². The maximum Gasteiger partial charge on any atom is 0.137 e. The normalized spacial score (nSPS) is 10.3. The van der Waals surface area contributed by atoms with E-state index in [4.69, 9.17) is 21.6 Å². The first-order chi connectivity index (χ1) is 9.13. The first kappa shape index (κ1) is 15.7. The molecule has 0 saturated heterocycles. The Labute approximate surface area is 119 Å². The van der Waals surface area contributed by atoms with Gasteiger partial charge in [0.25, 0.3) is 0 Å². The molecule has 0 aliphatic rings. The van der Waals surface area contributed by atoms with E-state index in [1.54, 1.807) is 7.11 Å². The summed E-state index contributed by atoms with van der Waals surface area (Å²) in [6, 6.07) is 2.15. The van der Waals surface area contributed by atoms with Crippen LogP contribution in [0.4, 0.5) is 5.82 Å². The average molecular weight is 283 g/mol. The van der Waals surface area contributed by atoms with Crippen molar-refractivity contribution in [3.8, 4) is 6.07 Å². The van der Waals surface area contributed by atoms with Crippen LogP contribution in [0.5, 0.6) is 0 Å². The molecule has 1 aromatic rings. The minimum absolute atomic E-state index is 0.437. The Morgan fingerprint density at radius 3 is 2.68 bits per heavy atom. The highest BCUT2D eigenvalue weighted by molar-refractivity contribution is 6.30. The number of ether oxygens (including phenoxy) is 1. The van der Waals surface area contributed by atoms with Gasteiger partial charge in [-0.15, -0.1) is 0 Å². The number of nitrogens with zero attached hydrogens (tertiary/aromatic N) is 4. The summed E-state index contributed by atoms with van der Waals surface area (Å²) in [5.74, 6) is 1.51. The summed E-state index contributed by atoms with van der Waals surface area (Å²) in [5.41, 5.74) is 0.841. The lowest BCUT2D eigenvalue weighted by molar-refractivity contribution is 0.205. The molecule has 19 heavy (non-hydrogen) atoms. The molecule has 1 heterocycles. The maximum absolute atomic E-state index is 8.75. The number of anilines is 1. The maximum atomic E-state index is 8.75. The number of halogens is 1. The summed E-state index contributed by atoms with van der Waals surface area (Å²) in [7, 11) is 1.65. The van der Waals surface area contributed by atoms with E-state index in [0.717, 1.165) is 17.8 Å². The van der Waals surface area contributed by atoms with Crippen LogP contribution in [0.3, 0.4) is 0 Å². The summed E-state index contributed by atoms with van der Waals surface area (Å²) < 4.78 is 5.10. The highest BCUT2D eigenvalue weighted by Crippen LogP contribution is 2.23. The fraction of sp³-hybridized carbons (Fsp3) is 0.615. The standard InChI is InChI=1S/C13H19ClN4O/c1-4-11-16-12(14)10(2)13(17-11)18(7-5-6-15)8-9-19-3/h4-5,7-9H2,1-3H3. The zero-order valence-corrected chi connectivity index (χ0v) is 12.4. The molecule has 1 aromatic heterocycles. The van der Waals surface area contributed by atoms with E-state index >= 15 is 0 Å². The Morgan fingerprint density at radius 2 is 2.11 bits per heavy atom. The van der Waals surface area contributed by atoms with Crippen molar-refractivity contribution in [3.05, 3.63) is 16.5 Å². The highest BCUT2D eigenvalue weighted by atomic mass is 35.5. The Kier molecular flexibility index (Phi) is 6.54. The van der Waals surface area contributed by atoms with Crippen molar-refractivity contribution in [2.75, 3.05) is 31.7 Å². The molecule has 6 heteroatoms. The summed E-state index contributed by atoms with van der Waals surface area (Å²) in [4.78, 5) is 10.8. The third kappa shape index (κ3) is 4.34. The molecule has 0 fully saturated rings. The molecule has 5 nitrogen and oxygen atoms in total. The van der Waals surface area contributed by atoms with Gasteiger partial charge < -0.3 is 9.64 Å². The van der Waals surface area contributed by atoms with Crippen molar-refractivity contribution in [2.45, 2.75) is 26.7 Å². The van der Waals surface area contributed by atoms with Crippen LogP contribution in [0, 0.1) is 18.3 Å². The monoisotopic (exact) mass is 282 g/mol. The number of hydrogen-bond donors (Lipinski definition) is 0. The minimum atomic E-state index is 0.437. The fourth-order valence-corrected chi connectivity index (χ4v) is 1.88. The average Bonchev–Trinajstić information content (AvgIpc) is 2.42. The largest absolute Gasteiger partial charge is 0.383 e. The van der Waals surface area contributed by atoms with E-state index < -0.39 is 0 Å². The van der Waals surface area contributed by atoms with E-state index in [9.17, 15) is 0 Å². The molecule has 0 unspecified atom stereocenters. The quantitative estimate of drug-likeness (QED) is 0.719. The summed E-state index contributed by atoms with van der Waals surface area (Å²) >= 11 is 6.14. The van der Waals surface area contributed by atoms with Crippen molar-refractivity contribution >= 4 is 17.4 Å². The van der Waals surface area contributed by atoms with E-state index in [2.05, 4.69) is 16.0 Å². The molecule has 0 spiro atoms. The van der Waals surface area contributed by atoms with Gasteiger partial charge in [-0.3, -0.25) is 0 Å². The third-order valence-electron chi connectivity index (χ3n) is 2.78. The second kappa shape index (κ2) is 7.93. The molecule has 0 N–H and O–H groups in total. The van der Waals surface area contributed by atoms with Gasteiger partial charge >= 0.3 is 0 Å². The van der Waals surface area contributed by atoms with Gasteiger partial charge in [-0.05, 0) is 6.92 Å². The first-order valence-electron chi connectivity index (χ1n) is 6.27. The van der Waals surface area contributed by atoms with Gasteiger partial charge in [-0.1, -0.05) is 18.5 Å². The number of rotatable bonds is 7. The Hall–Kier alpha value is -1.38. The van der Waals surface area contributed by atoms with Crippen LogP contribution in [-0.4, -0.2) is 36.8 Å². The van der Waals surface area contributed by atoms with Crippen molar-refractivity contribution in [1.29, 1.82) is 5.26 Å². The van der Waals surface area contributed by atoms with Crippen molar-refractivity contribution in [3.63, 3.8) is 0 Å². The molecule has 0 bridgehead atoms. The molecule has 0 saturated carbocycles. The second-order valence-electron chi connectivity index (χ2n) is 4.12. The van der Waals surface area contributed by atoms with Gasteiger partial charge in [0.1, 0.15) is 16.8 Å². The number of hydrogen-bond acceptors (Lipinski definition) is 5. The van der Waals surface area contributed by atoms with Crippen LogP contribution in [0.25, 0.3) is 0 Å². The topological polar surface area (TPSA) is 62.0 Å². The second-order valence-corrected chi connectivity index (χ2v) is 4.48. The van der Waals surface area contributed by atoms with Crippen LogP contribution < -0.4 is 4.90 Å². The third-order valence-corrected chi connectivity index (χ3v) is 3.15. The molecule has 0 aliphatic carbocycles. The van der Waals surface area contributed by atoms with Crippen molar-refractivity contribution < 1.29 is 4.74 Å². The number of methoxy groups -OCH3 is 1.